The highest BCUT2D eigenvalue weighted by atomic mass is 16.5. The Balaban J connectivity index is 1.14. The quantitative estimate of drug-likeness (QED) is 0.193. The molecular weight excluding hydrogens is 605 g/mol. The van der Waals surface area contributed by atoms with Crippen LogP contribution in [0, 0.1) is 0 Å². The lowest BCUT2D eigenvalue weighted by molar-refractivity contribution is 0.478. The molecule has 7 nitrogen and oxygen atoms in total. The molecule has 0 saturated carbocycles. The molecule has 0 N–H and O–H groups in total. The summed E-state index contributed by atoms with van der Waals surface area (Å²) in [7, 11) is 0. The molecule has 0 unspecified atom stereocenters. The molecule has 0 aliphatic rings. The predicted molar refractivity (Wildman–Crippen MR) is 198 cm³/mol. The molecule has 236 valence electrons. The molecule has 0 spiro atoms. The summed E-state index contributed by atoms with van der Waals surface area (Å²) in [5.41, 5.74) is 11.5. The molecule has 10 aromatic rings. The molecule has 0 saturated heterocycles. The predicted octanol–water partition coefficient (Wildman–Crippen LogP) is 10.3. The second-order valence-corrected chi connectivity index (χ2v) is 13.7. The Morgan fingerprint density at radius 3 is 1.51 bits per heavy atom. The van der Waals surface area contributed by atoms with Crippen molar-refractivity contribution in [1.82, 2.24) is 27.9 Å². The first-order valence-electron chi connectivity index (χ1n) is 16.6. The van der Waals surface area contributed by atoms with Gasteiger partial charge in [-0.1, -0.05) is 75.4 Å². The summed E-state index contributed by atoms with van der Waals surface area (Å²) in [6, 6.07) is 48.4. The van der Waals surface area contributed by atoms with Gasteiger partial charge in [0, 0.05) is 12.1 Å². The van der Waals surface area contributed by atoms with Crippen LogP contribution in [-0.4, -0.2) is 27.9 Å². The van der Waals surface area contributed by atoms with Crippen LogP contribution in [0.2, 0.25) is 0 Å². The van der Waals surface area contributed by atoms with Crippen molar-refractivity contribution in [2.75, 3.05) is 0 Å². The highest BCUT2D eigenvalue weighted by Gasteiger charge is 2.22. The number of hydrogen-bond donors (Lipinski definition) is 0. The first-order valence-corrected chi connectivity index (χ1v) is 16.6. The van der Waals surface area contributed by atoms with Crippen LogP contribution in [-0.2, 0) is 5.41 Å². The number of para-hydroxylation sites is 8. The Morgan fingerprint density at radius 2 is 0.939 bits per heavy atom. The molecule has 4 aromatic heterocycles. The molecule has 10 rings (SSSR count). The van der Waals surface area contributed by atoms with Crippen LogP contribution in [0.1, 0.15) is 26.3 Å². The molecule has 7 heteroatoms. The van der Waals surface area contributed by atoms with Crippen LogP contribution in [0.25, 0.3) is 67.1 Å². The van der Waals surface area contributed by atoms with E-state index in [1.807, 2.05) is 24.3 Å². The molecule has 0 radical (unpaired) electrons. The van der Waals surface area contributed by atoms with Gasteiger partial charge in [0.15, 0.2) is 0 Å². The normalized spacial score (nSPS) is 12.4. The molecule has 4 heterocycles. The van der Waals surface area contributed by atoms with Crippen LogP contribution in [0.5, 0.6) is 11.5 Å². The number of hydrogen-bond acceptors (Lipinski definition) is 3. The van der Waals surface area contributed by atoms with Crippen LogP contribution < -0.4 is 4.74 Å². The third-order valence-electron chi connectivity index (χ3n) is 9.54. The van der Waals surface area contributed by atoms with Gasteiger partial charge in [-0.05, 0) is 83.8 Å². The fourth-order valence-electron chi connectivity index (χ4n) is 7.24. The third kappa shape index (κ3) is 4.15. The molecule has 0 aliphatic heterocycles. The zero-order chi connectivity index (χ0) is 32.9. The van der Waals surface area contributed by atoms with Crippen molar-refractivity contribution in [2.45, 2.75) is 26.2 Å². The van der Waals surface area contributed by atoms with Crippen molar-refractivity contribution in [1.29, 1.82) is 0 Å². The average Bonchev–Trinajstić information content (AvgIpc) is 3.84. The van der Waals surface area contributed by atoms with Crippen molar-refractivity contribution < 1.29 is 4.74 Å². The van der Waals surface area contributed by atoms with Gasteiger partial charge in [0.25, 0.3) is 0 Å². The molecule has 0 amide bonds. The van der Waals surface area contributed by atoms with E-state index in [0.717, 1.165) is 78.6 Å². The monoisotopic (exact) mass is 636 g/mol. The lowest BCUT2D eigenvalue weighted by Crippen LogP contribution is -2.12. The lowest BCUT2D eigenvalue weighted by atomic mass is 9.86. The van der Waals surface area contributed by atoms with Gasteiger partial charge in [0.2, 0.25) is 11.6 Å². The van der Waals surface area contributed by atoms with E-state index in [2.05, 4.69) is 154 Å². The Hall–Kier alpha value is -6.34. The van der Waals surface area contributed by atoms with E-state index >= 15 is 0 Å². The van der Waals surface area contributed by atoms with Crippen LogP contribution >= 0.6 is 0 Å². The standard InChI is InChI=1S/C42H32N6O/c1-42(2,3)27-23-29(46-37-20-9-11-22-39(37)48-35-18-7-5-16-33(35)44-41(46)48)26-31(24-27)49-30-14-12-13-28(25-30)45-36-19-8-10-21-38(36)47-34-17-6-4-15-32(34)43-40(45)47/h4-26H,1-3H3. The number of ether oxygens (including phenoxy) is 1. The summed E-state index contributed by atoms with van der Waals surface area (Å²) in [6.45, 7) is 6.71. The van der Waals surface area contributed by atoms with Gasteiger partial charge >= 0.3 is 0 Å². The van der Waals surface area contributed by atoms with E-state index in [4.69, 9.17) is 14.7 Å². The molecular formula is C42H32N6O. The summed E-state index contributed by atoms with van der Waals surface area (Å²) in [6.07, 6.45) is 0. The van der Waals surface area contributed by atoms with Crippen molar-refractivity contribution in [3.05, 3.63) is 145 Å². The smallest absolute Gasteiger partial charge is 0.220 e. The second-order valence-electron chi connectivity index (χ2n) is 13.7. The van der Waals surface area contributed by atoms with Crippen LogP contribution in [0.15, 0.2) is 140 Å². The summed E-state index contributed by atoms with van der Waals surface area (Å²) in [5.74, 6) is 3.25. The van der Waals surface area contributed by atoms with Gasteiger partial charge < -0.3 is 4.74 Å². The van der Waals surface area contributed by atoms with Crippen LogP contribution in [0.4, 0.5) is 0 Å². The molecule has 49 heavy (non-hydrogen) atoms. The fraction of sp³-hybridized carbons (Fsp3) is 0.0952. The molecule has 0 fully saturated rings. The molecule has 6 aromatic carbocycles. The number of rotatable bonds is 4. The average molecular weight is 637 g/mol. The lowest BCUT2D eigenvalue weighted by Gasteiger charge is -2.22. The van der Waals surface area contributed by atoms with Gasteiger partial charge in [-0.25, -0.2) is 9.97 Å². The first kappa shape index (κ1) is 27.7. The zero-order valence-corrected chi connectivity index (χ0v) is 27.4. The summed E-state index contributed by atoms with van der Waals surface area (Å²) >= 11 is 0. The van der Waals surface area contributed by atoms with Gasteiger partial charge in [0.05, 0.1) is 55.5 Å². The van der Waals surface area contributed by atoms with E-state index in [1.54, 1.807) is 0 Å². The number of imidazole rings is 4. The van der Waals surface area contributed by atoms with E-state index in [9.17, 15) is 0 Å². The minimum atomic E-state index is -0.117. The Kier molecular flexibility index (Phi) is 5.71. The van der Waals surface area contributed by atoms with Crippen molar-refractivity contribution in [3.8, 4) is 22.9 Å². The van der Waals surface area contributed by atoms with Crippen LogP contribution in [0.3, 0.4) is 0 Å². The third-order valence-corrected chi connectivity index (χ3v) is 9.54. The SMILES string of the molecule is CC(C)(C)c1cc(Oc2cccc(-n3c4ccccc4n4c5ccccc5nc34)c2)cc(-n2c3ccccc3n3c4ccccc4nc23)c1. The van der Waals surface area contributed by atoms with E-state index in [0.29, 0.717) is 0 Å². The topological polar surface area (TPSA) is 53.7 Å². The van der Waals surface area contributed by atoms with Crippen molar-refractivity contribution in [2.24, 2.45) is 0 Å². The number of aromatic nitrogens is 6. The fourth-order valence-corrected chi connectivity index (χ4v) is 7.24. The Morgan fingerprint density at radius 1 is 0.449 bits per heavy atom. The van der Waals surface area contributed by atoms with Crippen molar-refractivity contribution >= 4 is 55.7 Å². The van der Waals surface area contributed by atoms with E-state index in [-0.39, 0.29) is 5.41 Å². The van der Waals surface area contributed by atoms with Gasteiger partial charge in [-0.3, -0.25) is 17.9 Å². The van der Waals surface area contributed by atoms with Gasteiger partial charge in [0.1, 0.15) is 11.5 Å². The number of benzene rings is 6. The number of nitrogens with zero attached hydrogens (tertiary/aromatic N) is 6. The largest absolute Gasteiger partial charge is 0.457 e. The highest BCUT2D eigenvalue weighted by molar-refractivity contribution is 5.93. The molecule has 0 aliphatic carbocycles. The minimum Gasteiger partial charge on any atom is -0.457 e. The summed E-state index contributed by atoms with van der Waals surface area (Å²) < 4.78 is 15.7. The first-order chi connectivity index (χ1) is 23.9. The maximum atomic E-state index is 6.78. The van der Waals surface area contributed by atoms with Crippen molar-refractivity contribution in [3.63, 3.8) is 0 Å². The zero-order valence-electron chi connectivity index (χ0n) is 27.4. The highest BCUT2D eigenvalue weighted by Crippen LogP contribution is 2.36. The summed E-state index contributed by atoms with van der Waals surface area (Å²) in [5, 5.41) is 0. The molecule has 0 bridgehead atoms. The second kappa shape index (κ2) is 10.1. The molecule has 0 atom stereocenters. The Labute approximate surface area is 281 Å². The minimum absolute atomic E-state index is 0.117. The maximum Gasteiger partial charge on any atom is 0.220 e. The van der Waals surface area contributed by atoms with E-state index < -0.39 is 0 Å². The maximum absolute atomic E-state index is 6.78. The van der Waals surface area contributed by atoms with Gasteiger partial charge in [-0.2, -0.15) is 0 Å². The number of fused-ring (bicyclic) bond motifs is 10. The van der Waals surface area contributed by atoms with E-state index in [1.165, 1.54) is 5.56 Å². The Bertz CT molecular complexity index is 2910. The summed E-state index contributed by atoms with van der Waals surface area (Å²) in [4.78, 5) is 10.2. The van der Waals surface area contributed by atoms with Gasteiger partial charge in [-0.15, -0.1) is 0 Å².